The number of aliphatic hydroxyl groups is 1. The number of urea groups is 1. The molecule has 5 nitrogen and oxygen atoms in total. The van der Waals surface area contributed by atoms with Gasteiger partial charge in [0, 0.05) is 18.8 Å². The van der Waals surface area contributed by atoms with Crippen molar-refractivity contribution in [1.29, 1.82) is 0 Å². The molecular formula is C16H25N3O2. The summed E-state index contributed by atoms with van der Waals surface area (Å²) in [5.41, 5.74) is 1.57. The summed E-state index contributed by atoms with van der Waals surface area (Å²) >= 11 is 0. The predicted molar refractivity (Wildman–Crippen MR) is 84.4 cm³/mol. The summed E-state index contributed by atoms with van der Waals surface area (Å²) in [6.45, 7) is 5.58. The highest BCUT2D eigenvalue weighted by Gasteiger charge is 2.10. The van der Waals surface area contributed by atoms with Crippen molar-refractivity contribution in [2.24, 2.45) is 0 Å². The second kappa shape index (κ2) is 8.00. The molecule has 1 aromatic carbocycles. The van der Waals surface area contributed by atoms with Crippen LogP contribution in [0.3, 0.4) is 0 Å². The predicted octanol–water partition coefficient (Wildman–Crippen LogP) is 2.35. The number of piperidine rings is 1. The van der Waals surface area contributed by atoms with E-state index in [0.717, 1.165) is 30.9 Å². The summed E-state index contributed by atoms with van der Waals surface area (Å²) in [4.78, 5) is 14.2. The lowest BCUT2D eigenvalue weighted by atomic mass is 10.1. The molecule has 2 rings (SSSR count). The molecule has 0 spiro atoms. The molecule has 1 heterocycles. The molecule has 21 heavy (non-hydrogen) atoms. The molecule has 0 bridgehead atoms. The normalized spacial score (nSPS) is 17.2. The van der Waals surface area contributed by atoms with Gasteiger partial charge in [-0.05, 0) is 50.6 Å². The number of amides is 2. The van der Waals surface area contributed by atoms with E-state index < -0.39 is 6.10 Å². The third-order valence-electron chi connectivity index (χ3n) is 3.81. The highest BCUT2D eigenvalue weighted by molar-refractivity contribution is 5.89. The Morgan fingerprint density at radius 3 is 2.52 bits per heavy atom. The Morgan fingerprint density at radius 2 is 1.90 bits per heavy atom. The van der Waals surface area contributed by atoms with Gasteiger partial charge in [-0.25, -0.2) is 4.79 Å². The van der Waals surface area contributed by atoms with Crippen molar-refractivity contribution in [1.82, 2.24) is 10.2 Å². The van der Waals surface area contributed by atoms with Crippen molar-refractivity contribution in [3.8, 4) is 0 Å². The highest BCUT2D eigenvalue weighted by atomic mass is 16.3. The molecule has 2 amide bonds. The van der Waals surface area contributed by atoms with Crippen molar-refractivity contribution < 1.29 is 9.90 Å². The highest BCUT2D eigenvalue weighted by Crippen LogP contribution is 2.15. The molecule has 0 aromatic heterocycles. The van der Waals surface area contributed by atoms with Crippen LogP contribution in [-0.2, 0) is 0 Å². The van der Waals surface area contributed by atoms with Gasteiger partial charge in [-0.1, -0.05) is 18.6 Å². The maximum absolute atomic E-state index is 11.8. The van der Waals surface area contributed by atoms with E-state index >= 15 is 0 Å². The average molecular weight is 291 g/mol. The van der Waals surface area contributed by atoms with Crippen LogP contribution in [0.15, 0.2) is 24.3 Å². The van der Waals surface area contributed by atoms with Crippen LogP contribution in [0.1, 0.15) is 37.9 Å². The fraction of sp³-hybridized carbons (Fsp3) is 0.562. The summed E-state index contributed by atoms with van der Waals surface area (Å²) < 4.78 is 0. The van der Waals surface area contributed by atoms with E-state index in [1.54, 1.807) is 19.1 Å². The lowest BCUT2D eigenvalue weighted by Gasteiger charge is -2.26. The van der Waals surface area contributed by atoms with E-state index in [9.17, 15) is 9.90 Å². The molecule has 1 aliphatic heterocycles. The molecule has 1 fully saturated rings. The molecule has 1 aliphatic rings. The Morgan fingerprint density at radius 1 is 1.24 bits per heavy atom. The number of benzene rings is 1. The van der Waals surface area contributed by atoms with Gasteiger partial charge < -0.3 is 20.6 Å². The molecule has 5 heteroatoms. The second-order valence-electron chi connectivity index (χ2n) is 5.58. The first-order chi connectivity index (χ1) is 10.1. The van der Waals surface area contributed by atoms with Crippen LogP contribution >= 0.6 is 0 Å². The molecule has 1 unspecified atom stereocenters. The lowest BCUT2D eigenvalue weighted by Crippen LogP contribution is -2.39. The van der Waals surface area contributed by atoms with E-state index in [4.69, 9.17) is 0 Å². The van der Waals surface area contributed by atoms with E-state index in [-0.39, 0.29) is 6.03 Å². The van der Waals surface area contributed by atoms with Crippen molar-refractivity contribution in [2.75, 3.05) is 31.5 Å². The summed E-state index contributed by atoms with van der Waals surface area (Å²) in [5, 5.41) is 15.1. The number of nitrogens with one attached hydrogen (secondary N) is 2. The monoisotopic (exact) mass is 291 g/mol. The van der Waals surface area contributed by atoms with Crippen molar-refractivity contribution in [2.45, 2.75) is 32.3 Å². The number of anilines is 1. The van der Waals surface area contributed by atoms with Crippen LogP contribution in [0.4, 0.5) is 10.5 Å². The number of likely N-dealkylation sites (tertiary alicyclic amines) is 1. The first-order valence-electron chi connectivity index (χ1n) is 7.70. The number of hydrogen-bond donors (Lipinski definition) is 3. The Kier molecular flexibility index (Phi) is 6.02. The Hall–Kier alpha value is -1.59. The number of rotatable bonds is 5. The molecule has 116 valence electrons. The molecule has 3 N–H and O–H groups in total. The SMILES string of the molecule is CC(O)c1ccc(NC(=O)NCCN2CCCCC2)cc1. The van der Waals surface area contributed by atoms with Gasteiger partial charge in [0.15, 0.2) is 0 Å². The summed E-state index contributed by atoms with van der Waals surface area (Å²) in [5.74, 6) is 0. The number of carbonyl (C=O) groups excluding carboxylic acids is 1. The topological polar surface area (TPSA) is 64.6 Å². The van der Waals surface area contributed by atoms with Gasteiger partial charge >= 0.3 is 6.03 Å². The van der Waals surface area contributed by atoms with Gasteiger partial charge in [-0.15, -0.1) is 0 Å². The van der Waals surface area contributed by atoms with Crippen LogP contribution in [0.25, 0.3) is 0 Å². The van der Waals surface area contributed by atoms with Crippen LogP contribution < -0.4 is 10.6 Å². The fourth-order valence-electron chi connectivity index (χ4n) is 2.53. The van der Waals surface area contributed by atoms with Gasteiger partial charge in [0.2, 0.25) is 0 Å². The minimum Gasteiger partial charge on any atom is -0.389 e. The van der Waals surface area contributed by atoms with Crippen LogP contribution in [0.2, 0.25) is 0 Å². The second-order valence-corrected chi connectivity index (χ2v) is 5.58. The summed E-state index contributed by atoms with van der Waals surface area (Å²) in [7, 11) is 0. The lowest BCUT2D eigenvalue weighted by molar-refractivity contribution is 0.199. The Balaban J connectivity index is 1.68. The summed E-state index contributed by atoms with van der Waals surface area (Å²) in [6.07, 6.45) is 3.37. The van der Waals surface area contributed by atoms with Gasteiger partial charge in [0.05, 0.1) is 6.10 Å². The molecule has 0 radical (unpaired) electrons. The van der Waals surface area contributed by atoms with Gasteiger partial charge in [-0.3, -0.25) is 0 Å². The third-order valence-corrected chi connectivity index (χ3v) is 3.81. The largest absolute Gasteiger partial charge is 0.389 e. The maximum atomic E-state index is 11.8. The first-order valence-corrected chi connectivity index (χ1v) is 7.70. The zero-order valence-electron chi connectivity index (χ0n) is 12.6. The van der Waals surface area contributed by atoms with E-state index in [1.807, 2.05) is 12.1 Å². The molecule has 1 atom stereocenters. The average Bonchev–Trinajstić information content (AvgIpc) is 2.49. The van der Waals surface area contributed by atoms with E-state index in [1.165, 1.54) is 19.3 Å². The maximum Gasteiger partial charge on any atom is 0.319 e. The van der Waals surface area contributed by atoms with E-state index in [2.05, 4.69) is 15.5 Å². The number of hydrogen-bond acceptors (Lipinski definition) is 3. The molecular weight excluding hydrogens is 266 g/mol. The van der Waals surface area contributed by atoms with Gasteiger partial charge in [0.25, 0.3) is 0 Å². The van der Waals surface area contributed by atoms with Crippen molar-refractivity contribution in [3.63, 3.8) is 0 Å². The van der Waals surface area contributed by atoms with Crippen LogP contribution in [-0.4, -0.2) is 42.2 Å². The fourth-order valence-corrected chi connectivity index (χ4v) is 2.53. The first kappa shape index (κ1) is 15.8. The number of aliphatic hydroxyl groups excluding tert-OH is 1. The number of carbonyl (C=O) groups is 1. The minimum atomic E-state index is -0.489. The number of nitrogens with zero attached hydrogens (tertiary/aromatic N) is 1. The molecule has 1 aromatic rings. The Bertz CT molecular complexity index is 439. The summed E-state index contributed by atoms with van der Waals surface area (Å²) in [6, 6.07) is 7.04. The molecule has 0 saturated carbocycles. The van der Waals surface area contributed by atoms with Crippen molar-refractivity contribution >= 4 is 11.7 Å². The molecule has 1 saturated heterocycles. The zero-order valence-corrected chi connectivity index (χ0v) is 12.6. The standard InChI is InChI=1S/C16H25N3O2/c1-13(20)14-5-7-15(8-6-14)18-16(21)17-9-12-19-10-3-2-4-11-19/h5-8,13,20H,2-4,9-12H2,1H3,(H2,17,18,21). The van der Waals surface area contributed by atoms with Gasteiger partial charge in [-0.2, -0.15) is 0 Å². The third kappa shape index (κ3) is 5.36. The zero-order chi connectivity index (χ0) is 15.1. The minimum absolute atomic E-state index is 0.184. The quantitative estimate of drug-likeness (QED) is 0.780. The van der Waals surface area contributed by atoms with E-state index in [0.29, 0.717) is 6.54 Å². The van der Waals surface area contributed by atoms with Gasteiger partial charge in [0.1, 0.15) is 0 Å². The molecule has 0 aliphatic carbocycles. The van der Waals surface area contributed by atoms with Crippen LogP contribution in [0, 0.1) is 0 Å². The van der Waals surface area contributed by atoms with Crippen LogP contribution in [0.5, 0.6) is 0 Å². The van der Waals surface area contributed by atoms with Crippen molar-refractivity contribution in [3.05, 3.63) is 29.8 Å². The smallest absolute Gasteiger partial charge is 0.319 e. The Labute approximate surface area is 126 Å².